The highest BCUT2D eigenvalue weighted by Gasteiger charge is 2.30. The SMILES string of the molecule is O=C(COc1cccc(C(F)(F)F)c1)Nc1cc2c(cc1Cl)OCCO2. The fourth-order valence-electron chi connectivity index (χ4n) is 2.26. The fourth-order valence-corrected chi connectivity index (χ4v) is 2.46. The number of nitrogens with one attached hydrogen (secondary N) is 1. The first kappa shape index (κ1) is 18.2. The van der Waals surface area contributed by atoms with Gasteiger partial charge in [-0.2, -0.15) is 13.2 Å². The lowest BCUT2D eigenvalue weighted by atomic mass is 10.2. The average molecular weight is 388 g/mol. The van der Waals surface area contributed by atoms with Crippen LogP contribution in [-0.4, -0.2) is 25.7 Å². The second-order valence-electron chi connectivity index (χ2n) is 5.34. The molecule has 26 heavy (non-hydrogen) atoms. The van der Waals surface area contributed by atoms with Crippen LogP contribution in [0, 0.1) is 0 Å². The van der Waals surface area contributed by atoms with Crippen molar-refractivity contribution in [2.45, 2.75) is 6.18 Å². The zero-order valence-electron chi connectivity index (χ0n) is 13.2. The molecule has 0 aromatic heterocycles. The van der Waals surface area contributed by atoms with Crippen LogP contribution in [0.2, 0.25) is 5.02 Å². The van der Waals surface area contributed by atoms with E-state index < -0.39 is 24.3 Å². The topological polar surface area (TPSA) is 56.8 Å². The number of amides is 1. The van der Waals surface area contributed by atoms with Crippen LogP contribution in [0.1, 0.15) is 5.56 Å². The lowest BCUT2D eigenvalue weighted by molar-refractivity contribution is -0.137. The van der Waals surface area contributed by atoms with Gasteiger partial charge in [-0.15, -0.1) is 0 Å². The van der Waals surface area contributed by atoms with E-state index in [2.05, 4.69) is 5.32 Å². The number of halogens is 4. The molecule has 0 saturated heterocycles. The van der Waals surface area contributed by atoms with Gasteiger partial charge in [0.2, 0.25) is 0 Å². The highest BCUT2D eigenvalue weighted by atomic mass is 35.5. The Bertz CT molecular complexity index is 826. The molecular weight excluding hydrogens is 375 g/mol. The summed E-state index contributed by atoms with van der Waals surface area (Å²) in [5.41, 5.74) is -0.571. The largest absolute Gasteiger partial charge is 0.486 e. The molecule has 0 radical (unpaired) electrons. The zero-order valence-corrected chi connectivity index (χ0v) is 14.0. The second-order valence-corrected chi connectivity index (χ2v) is 5.75. The van der Waals surface area contributed by atoms with E-state index in [4.69, 9.17) is 25.8 Å². The van der Waals surface area contributed by atoms with Crippen molar-refractivity contribution in [1.29, 1.82) is 0 Å². The Kier molecular flexibility index (Phi) is 5.13. The normalized spacial score (nSPS) is 13.2. The van der Waals surface area contributed by atoms with E-state index in [0.717, 1.165) is 12.1 Å². The third-order valence-electron chi connectivity index (χ3n) is 3.44. The third kappa shape index (κ3) is 4.32. The van der Waals surface area contributed by atoms with E-state index in [1.807, 2.05) is 0 Å². The highest BCUT2D eigenvalue weighted by molar-refractivity contribution is 6.34. The lowest BCUT2D eigenvalue weighted by Gasteiger charge is -2.20. The Morgan fingerprint density at radius 2 is 1.85 bits per heavy atom. The van der Waals surface area contributed by atoms with Crippen LogP contribution < -0.4 is 19.5 Å². The van der Waals surface area contributed by atoms with Gasteiger partial charge >= 0.3 is 6.18 Å². The maximum absolute atomic E-state index is 12.7. The smallest absolute Gasteiger partial charge is 0.416 e. The molecule has 1 aliphatic heterocycles. The summed E-state index contributed by atoms with van der Waals surface area (Å²) in [5.74, 6) is 0.262. The summed E-state index contributed by atoms with van der Waals surface area (Å²) in [4.78, 5) is 12.0. The number of anilines is 1. The molecule has 1 N–H and O–H groups in total. The molecule has 0 fully saturated rings. The van der Waals surface area contributed by atoms with Gasteiger partial charge in [-0.25, -0.2) is 0 Å². The predicted molar refractivity (Wildman–Crippen MR) is 88.0 cm³/mol. The van der Waals surface area contributed by atoms with Crippen molar-refractivity contribution in [2.75, 3.05) is 25.1 Å². The van der Waals surface area contributed by atoms with Crippen LogP contribution in [0.15, 0.2) is 36.4 Å². The van der Waals surface area contributed by atoms with Crippen molar-refractivity contribution < 1.29 is 32.2 Å². The van der Waals surface area contributed by atoms with Crippen LogP contribution in [0.25, 0.3) is 0 Å². The number of hydrogen-bond acceptors (Lipinski definition) is 4. The number of alkyl halides is 3. The highest BCUT2D eigenvalue weighted by Crippen LogP contribution is 2.38. The number of carbonyl (C=O) groups is 1. The molecule has 1 amide bonds. The minimum absolute atomic E-state index is 0.0664. The maximum atomic E-state index is 12.7. The molecule has 1 aliphatic rings. The van der Waals surface area contributed by atoms with E-state index in [1.165, 1.54) is 24.3 Å². The monoisotopic (exact) mass is 387 g/mol. The van der Waals surface area contributed by atoms with Gasteiger partial charge in [0, 0.05) is 12.1 Å². The Morgan fingerprint density at radius 1 is 1.15 bits per heavy atom. The number of carbonyl (C=O) groups excluding carboxylic acids is 1. The van der Waals surface area contributed by atoms with Crippen LogP contribution in [0.3, 0.4) is 0 Å². The van der Waals surface area contributed by atoms with Crippen molar-refractivity contribution in [3.8, 4) is 17.2 Å². The first-order valence-electron chi connectivity index (χ1n) is 7.52. The van der Waals surface area contributed by atoms with Gasteiger partial charge in [-0.05, 0) is 18.2 Å². The van der Waals surface area contributed by atoms with Crippen LogP contribution in [-0.2, 0) is 11.0 Å². The molecule has 138 valence electrons. The molecule has 9 heteroatoms. The lowest BCUT2D eigenvalue weighted by Crippen LogP contribution is -2.21. The van der Waals surface area contributed by atoms with Gasteiger partial charge in [0.05, 0.1) is 16.3 Å². The summed E-state index contributed by atoms with van der Waals surface area (Å²) in [5, 5.41) is 2.76. The number of benzene rings is 2. The Balaban J connectivity index is 1.63. The molecule has 0 aliphatic carbocycles. The summed E-state index contributed by atoms with van der Waals surface area (Å²) in [6.07, 6.45) is -4.49. The summed E-state index contributed by atoms with van der Waals surface area (Å²) in [6.45, 7) is 0.298. The van der Waals surface area contributed by atoms with E-state index in [-0.39, 0.29) is 16.5 Å². The van der Waals surface area contributed by atoms with Gasteiger partial charge in [0.1, 0.15) is 19.0 Å². The van der Waals surface area contributed by atoms with Gasteiger partial charge < -0.3 is 19.5 Å². The number of fused-ring (bicyclic) bond motifs is 1. The molecule has 0 saturated carbocycles. The molecule has 0 bridgehead atoms. The van der Waals surface area contributed by atoms with Crippen molar-refractivity contribution in [3.05, 3.63) is 47.0 Å². The van der Waals surface area contributed by atoms with Gasteiger partial charge in [-0.3, -0.25) is 4.79 Å². The summed E-state index contributed by atoms with van der Waals surface area (Å²) < 4.78 is 53.9. The number of ether oxygens (including phenoxy) is 3. The Morgan fingerprint density at radius 3 is 2.54 bits per heavy atom. The maximum Gasteiger partial charge on any atom is 0.416 e. The third-order valence-corrected chi connectivity index (χ3v) is 3.75. The van der Waals surface area contributed by atoms with Crippen molar-refractivity contribution >= 4 is 23.2 Å². The molecule has 3 rings (SSSR count). The summed E-state index contributed by atoms with van der Waals surface area (Å²) >= 11 is 6.08. The van der Waals surface area contributed by atoms with Gasteiger partial charge in [-0.1, -0.05) is 17.7 Å². The molecule has 5 nitrogen and oxygen atoms in total. The quantitative estimate of drug-likeness (QED) is 0.856. The van der Waals surface area contributed by atoms with E-state index >= 15 is 0 Å². The molecule has 2 aromatic carbocycles. The van der Waals surface area contributed by atoms with Crippen LogP contribution >= 0.6 is 11.6 Å². The second kappa shape index (κ2) is 7.33. The summed E-state index contributed by atoms with van der Waals surface area (Å²) in [6, 6.07) is 7.30. The molecule has 0 atom stereocenters. The first-order chi connectivity index (χ1) is 12.3. The fraction of sp³-hybridized carbons (Fsp3) is 0.235. The van der Waals surface area contributed by atoms with Gasteiger partial charge in [0.15, 0.2) is 18.1 Å². The number of rotatable bonds is 4. The van der Waals surface area contributed by atoms with E-state index in [0.29, 0.717) is 24.7 Å². The number of hydrogen-bond donors (Lipinski definition) is 1. The first-order valence-corrected chi connectivity index (χ1v) is 7.90. The molecule has 0 spiro atoms. The van der Waals surface area contributed by atoms with Crippen LogP contribution in [0.5, 0.6) is 17.2 Å². The molecule has 2 aromatic rings. The molecular formula is C17H13ClF3NO4. The van der Waals surface area contributed by atoms with E-state index in [1.54, 1.807) is 0 Å². The van der Waals surface area contributed by atoms with Gasteiger partial charge in [0.25, 0.3) is 5.91 Å². The van der Waals surface area contributed by atoms with E-state index in [9.17, 15) is 18.0 Å². The average Bonchev–Trinajstić information content (AvgIpc) is 2.60. The van der Waals surface area contributed by atoms with Crippen molar-refractivity contribution in [3.63, 3.8) is 0 Å². The van der Waals surface area contributed by atoms with Crippen molar-refractivity contribution in [2.24, 2.45) is 0 Å². The Labute approximate surface area is 151 Å². The van der Waals surface area contributed by atoms with Crippen LogP contribution in [0.4, 0.5) is 18.9 Å². The minimum Gasteiger partial charge on any atom is -0.486 e. The predicted octanol–water partition coefficient (Wildman–Crippen LogP) is 4.15. The molecule has 0 unspecified atom stereocenters. The standard InChI is InChI=1S/C17H13ClF3NO4/c18-12-7-14-15(25-5-4-24-14)8-13(12)22-16(23)9-26-11-3-1-2-10(6-11)17(19,20)21/h1-3,6-8H,4-5,9H2,(H,22,23). The Hall–Kier alpha value is -2.61. The zero-order chi connectivity index (χ0) is 18.7. The summed E-state index contributed by atoms with van der Waals surface area (Å²) in [7, 11) is 0. The minimum atomic E-state index is -4.49. The molecule has 1 heterocycles. The van der Waals surface area contributed by atoms with Crippen molar-refractivity contribution in [1.82, 2.24) is 0 Å².